The van der Waals surface area contributed by atoms with Gasteiger partial charge in [-0.15, -0.1) is 0 Å². The lowest BCUT2D eigenvalue weighted by molar-refractivity contribution is 0.210. The first-order valence-corrected chi connectivity index (χ1v) is 8.91. The Kier molecular flexibility index (Phi) is 7.97. The molecule has 1 unspecified atom stereocenters. The number of pyridine rings is 1. The third-order valence-electron chi connectivity index (χ3n) is 4.15. The summed E-state index contributed by atoms with van der Waals surface area (Å²) in [6.07, 6.45) is 9.37. The molecular weight excluding hydrogens is 346 g/mol. The molecule has 0 radical (unpaired) electrons. The Bertz CT molecular complexity index is 730. The van der Waals surface area contributed by atoms with E-state index in [1.807, 2.05) is 13.0 Å². The van der Waals surface area contributed by atoms with Gasteiger partial charge in [-0.1, -0.05) is 18.2 Å². The van der Waals surface area contributed by atoms with Crippen LogP contribution in [0.5, 0.6) is 0 Å². The van der Waals surface area contributed by atoms with Crippen molar-refractivity contribution in [2.24, 2.45) is 0 Å². The molecule has 0 aliphatic heterocycles. The highest BCUT2D eigenvalue weighted by Crippen LogP contribution is 2.22. The third kappa shape index (κ3) is 5.90. The zero-order valence-corrected chi connectivity index (χ0v) is 15.7. The molecule has 1 atom stereocenters. The smallest absolute Gasteiger partial charge is 0.320 e. The summed E-state index contributed by atoms with van der Waals surface area (Å²) in [5, 5.41) is 25.9. The maximum atomic E-state index is 12.3. The van der Waals surface area contributed by atoms with Crippen LogP contribution in [0.3, 0.4) is 0 Å². The molecule has 0 bridgehead atoms. The number of urea groups is 1. The van der Waals surface area contributed by atoms with Gasteiger partial charge in [0, 0.05) is 25.4 Å². The number of aliphatic hydroxyl groups excluding tert-OH is 1. The number of hydrogen-bond donors (Lipinski definition) is 5. The molecule has 27 heavy (non-hydrogen) atoms. The van der Waals surface area contributed by atoms with Gasteiger partial charge in [-0.3, -0.25) is 5.32 Å². The highest BCUT2D eigenvalue weighted by molar-refractivity contribution is 5.92. The first-order valence-electron chi connectivity index (χ1n) is 8.91. The van der Waals surface area contributed by atoms with Crippen LogP contribution in [-0.4, -0.2) is 48.6 Å². The standard InChI is InChI=1S/C19H27N5O3/c1-13(14-6-4-3-5-7-14)22-19(26)24-17-10-15(11-20)18(16(12-25)23-17)21-8-9-27-2/h4,6-7,10-11,13,20-21,25H,3,5,8-9,12H2,1-2H3,(H2,22,23,24,26). The molecule has 8 heteroatoms. The summed E-state index contributed by atoms with van der Waals surface area (Å²) in [6, 6.07) is 1.07. The molecule has 1 aromatic heterocycles. The summed E-state index contributed by atoms with van der Waals surface area (Å²) in [4.78, 5) is 16.6. The summed E-state index contributed by atoms with van der Waals surface area (Å²) < 4.78 is 5.00. The Balaban J connectivity index is 2.08. The number of nitrogens with one attached hydrogen (secondary N) is 4. The summed E-state index contributed by atoms with van der Waals surface area (Å²) in [6.45, 7) is 2.59. The number of methoxy groups -OCH3 is 1. The fourth-order valence-corrected chi connectivity index (χ4v) is 2.78. The van der Waals surface area contributed by atoms with Gasteiger partial charge in [0.25, 0.3) is 0 Å². The van der Waals surface area contributed by atoms with Crippen LogP contribution in [0.15, 0.2) is 29.9 Å². The van der Waals surface area contributed by atoms with Crippen molar-refractivity contribution in [3.8, 4) is 0 Å². The van der Waals surface area contributed by atoms with Crippen LogP contribution in [0.25, 0.3) is 0 Å². The predicted octanol–water partition coefficient (Wildman–Crippen LogP) is 2.42. The number of nitrogens with zero attached hydrogens (tertiary/aromatic N) is 1. The number of carbonyl (C=O) groups is 1. The maximum absolute atomic E-state index is 12.3. The Labute approximate surface area is 159 Å². The van der Waals surface area contributed by atoms with Crippen LogP contribution < -0.4 is 16.0 Å². The lowest BCUT2D eigenvalue weighted by Gasteiger charge is -2.19. The fraction of sp³-hybridized carbons (Fsp3) is 0.421. The van der Waals surface area contributed by atoms with Gasteiger partial charge in [-0.25, -0.2) is 9.78 Å². The number of aromatic nitrogens is 1. The molecule has 1 aliphatic carbocycles. The minimum atomic E-state index is -0.394. The third-order valence-corrected chi connectivity index (χ3v) is 4.15. The first kappa shape index (κ1) is 20.6. The van der Waals surface area contributed by atoms with Crippen molar-refractivity contribution < 1.29 is 14.6 Å². The van der Waals surface area contributed by atoms with E-state index in [0.717, 1.165) is 24.6 Å². The summed E-state index contributed by atoms with van der Waals surface area (Å²) in [5.41, 5.74) is 2.50. The lowest BCUT2D eigenvalue weighted by Crippen LogP contribution is -2.37. The van der Waals surface area contributed by atoms with E-state index in [1.165, 1.54) is 0 Å². The SMILES string of the molecule is COCCNc1c(C=N)cc(NC(=O)NC(C)C2=CCCC=C2)nc1CO. The van der Waals surface area contributed by atoms with Gasteiger partial charge in [0.2, 0.25) is 0 Å². The van der Waals surface area contributed by atoms with Crippen molar-refractivity contribution in [2.75, 3.05) is 30.9 Å². The van der Waals surface area contributed by atoms with Crippen molar-refractivity contribution in [1.82, 2.24) is 10.3 Å². The largest absolute Gasteiger partial charge is 0.390 e. The Hall–Kier alpha value is -2.71. The summed E-state index contributed by atoms with van der Waals surface area (Å²) in [7, 11) is 1.59. The molecule has 2 rings (SSSR count). The lowest BCUT2D eigenvalue weighted by atomic mass is 10.0. The van der Waals surface area contributed by atoms with Gasteiger partial charge in [0.15, 0.2) is 0 Å². The van der Waals surface area contributed by atoms with E-state index in [0.29, 0.717) is 30.1 Å². The quantitative estimate of drug-likeness (QED) is 0.336. The minimum absolute atomic E-state index is 0.129. The molecule has 2 amide bonds. The normalized spacial score (nSPS) is 14.3. The molecule has 1 heterocycles. The second-order valence-corrected chi connectivity index (χ2v) is 6.14. The van der Waals surface area contributed by atoms with Crippen LogP contribution in [0.4, 0.5) is 16.3 Å². The van der Waals surface area contributed by atoms with Gasteiger partial charge < -0.3 is 25.9 Å². The number of ether oxygens (including phenoxy) is 1. The van der Waals surface area contributed by atoms with Crippen molar-refractivity contribution in [2.45, 2.75) is 32.4 Å². The molecular formula is C19H27N5O3. The van der Waals surface area contributed by atoms with E-state index in [1.54, 1.807) is 13.2 Å². The average Bonchev–Trinajstić information content (AvgIpc) is 2.69. The fourth-order valence-electron chi connectivity index (χ4n) is 2.78. The average molecular weight is 373 g/mol. The molecule has 1 aromatic rings. The van der Waals surface area contributed by atoms with Crippen LogP contribution >= 0.6 is 0 Å². The van der Waals surface area contributed by atoms with Crippen molar-refractivity contribution >= 4 is 23.8 Å². The Morgan fingerprint density at radius 1 is 1.48 bits per heavy atom. The van der Waals surface area contributed by atoms with Gasteiger partial charge in [-0.2, -0.15) is 0 Å². The predicted molar refractivity (Wildman–Crippen MR) is 106 cm³/mol. The number of rotatable bonds is 9. The second-order valence-electron chi connectivity index (χ2n) is 6.14. The molecule has 146 valence electrons. The number of hydrogen-bond acceptors (Lipinski definition) is 6. The van der Waals surface area contributed by atoms with E-state index in [-0.39, 0.29) is 18.5 Å². The zero-order chi connectivity index (χ0) is 19.6. The topological polar surface area (TPSA) is 119 Å². The van der Waals surface area contributed by atoms with Crippen LogP contribution in [0.2, 0.25) is 0 Å². The van der Waals surface area contributed by atoms with Gasteiger partial charge in [-0.05, 0) is 31.4 Å². The Morgan fingerprint density at radius 2 is 2.30 bits per heavy atom. The number of allylic oxidation sites excluding steroid dienone is 2. The number of aliphatic hydroxyl groups is 1. The van der Waals surface area contributed by atoms with Gasteiger partial charge in [0.05, 0.1) is 30.6 Å². The van der Waals surface area contributed by atoms with E-state index < -0.39 is 6.03 Å². The Morgan fingerprint density at radius 3 is 2.93 bits per heavy atom. The molecule has 0 fully saturated rings. The molecule has 0 saturated heterocycles. The van der Waals surface area contributed by atoms with E-state index in [2.05, 4.69) is 33.1 Å². The minimum Gasteiger partial charge on any atom is -0.390 e. The zero-order valence-electron chi connectivity index (χ0n) is 15.7. The molecule has 1 aliphatic rings. The summed E-state index contributed by atoms with van der Waals surface area (Å²) >= 11 is 0. The number of carbonyl (C=O) groups excluding carboxylic acids is 1. The van der Waals surface area contributed by atoms with E-state index in [4.69, 9.17) is 10.1 Å². The second kappa shape index (κ2) is 10.4. The monoisotopic (exact) mass is 373 g/mol. The highest BCUT2D eigenvalue weighted by atomic mass is 16.5. The van der Waals surface area contributed by atoms with Crippen LogP contribution in [0.1, 0.15) is 31.0 Å². The first-order chi connectivity index (χ1) is 13.1. The van der Waals surface area contributed by atoms with Crippen molar-refractivity contribution in [3.63, 3.8) is 0 Å². The van der Waals surface area contributed by atoms with Gasteiger partial charge in [0.1, 0.15) is 5.82 Å². The number of anilines is 2. The molecule has 8 nitrogen and oxygen atoms in total. The molecule has 0 saturated carbocycles. The van der Waals surface area contributed by atoms with Crippen LogP contribution in [0, 0.1) is 5.41 Å². The summed E-state index contributed by atoms with van der Waals surface area (Å²) in [5.74, 6) is 0.271. The van der Waals surface area contributed by atoms with Crippen molar-refractivity contribution in [1.29, 1.82) is 5.41 Å². The highest BCUT2D eigenvalue weighted by Gasteiger charge is 2.15. The number of amides is 2. The maximum Gasteiger partial charge on any atom is 0.320 e. The molecule has 5 N–H and O–H groups in total. The van der Waals surface area contributed by atoms with E-state index in [9.17, 15) is 9.90 Å². The molecule has 0 spiro atoms. The van der Waals surface area contributed by atoms with Crippen LogP contribution in [-0.2, 0) is 11.3 Å². The molecule has 0 aromatic carbocycles. The van der Waals surface area contributed by atoms with Crippen molar-refractivity contribution in [3.05, 3.63) is 41.1 Å². The van der Waals surface area contributed by atoms with Gasteiger partial charge >= 0.3 is 6.03 Å². The van der Waals surface area contributed by atoms with E-state index >= 15 is 0 Å².